The highest BCUT2D eigenvalue weighted by Crippen LogP contribution is 2.18. The molecule has 0 spiro atoms. The number of likely N-dealkylation sites (tertiary alicyclic amines) is 2. The van der Waals surface area contributed by atoms with Crippen LogP contribution in [0.3, 0.4) is 0 Å². The molecule has 0 saturated carbocycles. The fourth-order valence-electron chi connectivity index (χ4n) is 3.98. The lowest BCUT2D eigenvalue weighted by Gasteiger charge is -2.31. The molecule has 2 aliphatic heterocycles. The summed E-state index contributed by atoms with van der Waals surface area (Å²) in [6, 6.07) is 9.24. The highest BCUT2D eigenvalue weighted by molar-refractivity contribution is 5.89. The van der Waals surface area contributed by atoms with E-state index in [0.717, 1.165) is 31.6 Å². The molecule has 2 fully saturated rings. The van der Waals surface area contributed by atoms with Gasteiger partial charge < -0.3 is 20.4 Å². The van der Waals surface area contributed by atoms with Crippen LogP contribution >= 0.6 is 0 Å². The minimum absolute atomic E-state index is 0.00298. The van der Waals surface area contributed by atoms with Crippen molar-refractivity contribution < 1.29 is 14.4 Å². The summed E-state index contributed by atoms with van der Waals surface area (Å²) in [7, 11) is 0. The minimum atomic E-state index is -0.127. The fourth-order valence-corrected chi connectivity index (χ4v) is 3.98. The number of amides is 4. The van der Waals surface area contributed by atoms with E-state index in [0.29, 0.717) is 38.9 Å². The van der Waals surface area contributed by atoms with Gasteiger partial charge in [0.25, 0.3) is 0 Å². The predicted octanol–water partition coefficient (Wildman–Crippen LogP) is 2.84. The Morgan fingerprint density at radius 3 is 2.17 bits per heavy atom. The molecular weight excluding hydrogens is 368 g/mol. The average Bonchev–Trinajstić information content (AvgIpc) is 3.04. The van der Waals surface area contributed by atoms with Crippen molar-refractivity contribution in [2.24, 2.45) is 5.92 Å². The van der Waals surface area contributed by atoms with Gasteiger partial charge in [0, 0.05) is 50.7 Å². The minimum Gasteiger partial charge on any atom is -0.355 e. The Morgan fingerprint density at radius 2 is 1.52 bits per heavy atom. The summed E-state index contributed by atoms with van der Waals surface area (Å²) >= 11 is 0. The fraction of sp³-hybridized carbons (Fsp3) is 0.591. The van der Waals surface area contributed by atoms with Gasteiger partial charge in [0.2, 0.25) is 11.8 Å². The zero-order chi connectivity index (χ0) is 20.5. The van der Waals surface area contributed by atoms with Gasteiger partial charge in [0.15, 0.2) is 0 Å². The first-order valence-electron chi connectivity index (χ1n) is 10.8. The molecule has 1 aromatic rings. The summed E-state index contributed by atoms with van der Waals surface area (Å²) in [5, 5.41) is 5.80. The number of nitrogens with zero attached hydrogens (tertiary/aromatic N) is 2. The second kappa shape index (κ2) is 10.8. The van der Waals surface area contributed by atoms with E-state index in [1.807, 2.05) is 35.2 Å². The third kappa shape index (κ3) is 6.48. The maximum absolute atomic E-state index is 12.4. The normalized spacial score (nSPS) is 18.1. The Balaban J connectivity index is 1.34. The van der Waals surface area contributed by atoms with Gasteiger partial charge in [-0.05, 0) is 37.8 Å². The van der Waals surface area contributed by atoms with E-state index < -0.39 is 0 Å². The van der Waals surface area contributed by atoms with Gasteiger partial charge in [-0.3, -0.25) is 9.59 Å². The lowest BCUT2D eigenvalue weighted by Crippen LogP contribution is -2.45. The van der Waals surface area contributed by atoms with Crippen LogP contribution in [0, 0.1) is 5.92 Å². The van der Waals surface area contributed by atoms with Gasteiger partial charge in [-0.15, -0.1) is 0 Å². The second-order valence-electron chi connectivity index (χ2n) is 7.89. The number of hydrogen-bond donors (Lipinski definition) is 2. The van der Waals surface area contributed by atoms with Crippen molar-refractivity contribution in [1.82, 2.24) is 15.1 Å². The van der Waals surface area contributed by atoms with Crippen LogP contribution in [0.15, 0.2) is 30.3 Å². The Morgan fingerprint density at radius 1 is 0.862 bits per heavy atom. The molecule has 7 nitrogen and oxygen atoms in total. The van der Waals surface area contributed by atoms with Crippen molar-refractivity contribution in [2.45, 2.75) is 44.9 Å². The van der Waals surface area contributed by atoms with Gasteiger partial charge in [-0.25, -0.2) is 4.79 Å². The van der Waals surface area contributed by atoms with Gasteiger partial charge >= 0.3 is 6.03 Å². The Labute approximate surface area is 172 Å². The van der Waals surface area contributed by atoms with Crippen LogP contribution in [0.1, 0.15) is 44.9 Å². The van der Waals surface area contributed by atoms with Crippen LogP contribution in [0.2, 0.25) is 0 Å². The third-order valence-corrected chi connectivity index (χ3v) is 5.77. The zero-order valence-electron chi connectivity index (χ0n) is 17.1. The van der Waals surface area contributed by atoms with Crippen LogP contribution < -0.4 is 10.6 Å². The highest BCUT2D eigenvalue weighted by atomic mass is 16.2. The van der Waals surface area contributed by atoms with Crippen LogP contribution in [0.5, 0.6) is 0 Å². The Hall–Kier alpha value is -2.57. The average molecular weight is 401 g/mol. The molecule has 0 unspecified atom stereocenters. The standard InChI is InChI=1S/C22H32N4O3/c27-20(25-14-6-1-2-7-15-25)10-13-23-21(28)18-11-16-26(17-12-18)22(29)24-19-8-4-3-5-9-19/h3-5,8-9,18H,1-2,6-7,10-17H2,(H,23,28)(H,24,29). The van der Waals surface area contributed by atoms with Gasteiger partial charge in [0.1, 0.15) is 0 Å². The van der Waals surface area contributed by atoms with Crippen LogP contribution in [0.4, 0.5) is 10.5 Å². The Kier molecular flexibility index (Phi) is 7.90. The van der Waals surface area contributed by atoms with Gasteiger partial charge in [-0.1, -0.05) is 31.0 Å². The van der Waals surface area contributed by atoms with Crippen molar-refractivity contribution in [1.29, 1.82) is 0 Å². The van der Waals surface area contributed by atoms with Crippen molar-refractivity contribution in [2.75, 3.05) is 38.0 Å². The van der Waals surface area contributed by atoms with Gasteiger partial charge in [0.05, 0.1) is 0 Å². The summed E-state index contributed by atoms with van der Waals surface area (Å²) < 4.78 is 0. The lowest BCUT2D eigenvalue weighted by atomic mass is 9.96. The smallest absolute Gasteiger partial charge is 0.321 e. The number of rotatable bonds is 5. The molecule has 2 N–H and O–H groups in total. The molecule has 0 aromatic heterocycles. The lowest BCUT2D eigenvalue weighted by molar-refractivity contribution is -0.131. The number of urea groups is 1. The molecule has 0 aliphatic carbocycles. The molecule has 2 aliphatic rings. The van der Waals surface area contributed by atoms with Crippen molar-refractivity contribution in [3.8, 4) is 0 Å². The molecule has 0 bridgehead atoms. The number of benzene rings is 1. The number of nitrogens with one attached hydrogen (secondary N) is 2. The van der Waals surface area contributed by atoms with E-state index >= 15 is 0 Å². The first-order chi connectivity index (χ1) is 14.1. The molecule has 2 heterocycles. The molecule has 0 radical (unpaired) electrons. The van der Waals surface area contributed by atoms with Crippen molar-refractivity contribution in [3.05, 3.63) is 30.3 Å². The molecule has 4 amide bonds. The maximum Gasteiger partial charge on any atom is 0.321 e. The Bertz CT molecular complexity index is 679. The van der Waals surface area contributed by atoms with E-state index in [1.54, 1.807) is 4.90 Å². The number of piperidine rings is 1. The molecule has 1 aromatic carbocycles. The monoisotopic (exact) mass is 400 g/mol. The topological polar surface area (TPSA) is 81.8 Å². The SMILES string of the molecule is O=C(NCCC(=O)N1CCCCCC1)C1CCN(C(=O)Nc2ccccc2)CC1. The number of anilines is 1. The molecule has 2 saturated heterocycles. The largest absolute Gasteiger partial charge is 0.355 e. The van der Waals surface area contributed by atoms with Crippen molar-refractivity contribution >= 4 is 23.5 Å². The third-order valence-electron chi connectivity index (χ3n) is 5.77. The quantitative estimate of drug-likeness (QED) is 0.797. The van der Waals surface area contributed by atoms with Crippen LogP contribution in [-0.2, 0) is 9.59 Å². The highest BCUT2D eigenvalue weighted by Gasteiger charge is 2.27. The summed E-state index contributed by atoms with van der Waals surface area (Å²) in [4.78, 5) is 40.7. The molecule has 3 rings (SSSR count). The van der Waals surface area contributed by atoms with E-state index in [2.05, 4.69) is 10.6 Å². The van der Waals surface area contributed by atoms with Crippen LogP contribution in [-0.4, -0.2) is 60.4 Å². The van der Waals surface area contributed by atoms with Crippen LogP contribution in [0.25, 0.3) is 0 Å². The first kappa shape index (κ1) is 21.1. The summed E-state index contributed by atoms with van der Waals surface area (Å²) in [6.07, 6.45) is 6.21. The van der Waals surface area contributed by atoms with Gasteiger partial charge in [-0.2, -0.15) is 0 Å². The van der Waals surface area contributed by atoms with E-state index in [4.69, 9.17) is 0 Å². The first-order valence-corrected chi connectivity index (χ1v) is 10.8. The summed E-state index contributed by atoms with van der Waals surface area (Å²) in [5.74, 6) is 0.0421. The number of carbonyl (C=O) groups excluding carboxylic acids is 3. The van der Waals surface area contributed by atoms with E-state index in [1.165, 1.54) is 12.8 Å². The molecule has 7 heteroatoms. The molecular formula is C22H32N4O3. The van der Waals surface area contributed by atoms with Crippen molar-refractivity contribution in [3.63, 3.8) is 0 Å². The zero-order valence-corrected chi connectivity index (χ0v) is 17.1. The molecule has 0 atom stereocenters. The number of para-hydroxylation sites is 1. The number of hydrogen-bond acceptors (Lipinski definition) is 3. The molecule has 158 valence electrons. The predicted molar refractivity (Wildman–Crippen MR) is 112 cm³/mol. The van der Waals surface area contributed by atoms with E-state index in [-0.39, 0.29) is 23.8 Å². The maximum atomic E-state index is 12.4. The summed E-state index contributed by atoms with van der Waals surface area (Å²) in [6.45, 7) is 3.20. The number of carbonyl (C=O) groups is 3. The molecule has 29 heavy (non-hydrogen) atoms. The summed E-state index contributed by atoms with van der Waals surface area (Å²) in [5.41, 5.74) is 0.770. The van der Waals surface area contributed by atoms with E-state index in [9.17, 15) is 14.4 Å². The second-order valence-corrected chi connectivity index (χ2v) is 7.89.